The Balaban J connectivity index is 1.48. The highest BCUT2D eigenvalue weighted by Crippen LogP contribution is 2.44. The van der Waals surface area contributed by atoms with Crippen molar-refractivity contribution in [1.29, 1.82) is 0 Å². The van der Waals surface area contributed by atoms with Crippen molar-refractivity contribution in [2.45, 2.75) is 38.6 Å². The molecular formula is C16H21NO2. The molecule has 0 spiro atoms. The van der Waals surface area contributed by atoms with Gasteiger partial charge >= 0.3 is 0 Å². The van der Waals surface area contributed by atoms with Gasteiger partial charge in [-0.3, -0.25) is 4.79 Å². The number of hydrogen-bond donors (Lipinski definition) is 1. The SMILES string of the molecule is Cc1cccc(OCC(=O)NC(C2CC2)C2CC2)c1. The van der Waals surface area contributed by atoms with Crippen molar-refractivity contribution in [3.8, 4) is 5.75 Å². The zero-order chi connectivity index (χ0) is 13.2. The Kier molecular flexibility index (Phi) is 3.45. The molecule has 2 aliphatic carbocycles. The molecule has 1 amide bonds. The van der Waals surface area contributed by atoms with Gasteiger partial charge in [-0.2, -0.15) is 0 Å². The second-order valence-corrected chi connectivity index (χ2v) is 5.87. The lowest BCUT2D eigenvalue weighted by Gasteiger charge is -2.17. The molecule has 1 aromatic carbocycles. The first-order valence-corrected chi connectivity index (χ1v) is 7.21. The van der Waals surface area contributed by atoms with Gasteiger partial charge in [0.15, 0.2) is 6.61 Å². The largest absolute Gasteiger partial charge is 0.484 e. The minimum absolute atomic E-state index is 0.0188. The van der Waals surface area contributed by atoms with Gasteiger partial charge in [0.25, 0.3) is 5.91 Å². The van der Waals surface area contributed by atoms with E-state index in [1.807, 2.05) is 31.2 Å². The standard InChI is InChI=1S/C16H21NO2/c1-11-3-2-4-14(9-11)19-10-15(18)17-16(12-5-6-12)13-7-8-13/h2-4,9,12-13,16H,5-8,10H2,1H3,(H,17,18). The minimum Gasteiger partial charge on any atom is -0.484 e. The number of rotatable bonds is 6. The summed E-state index contributed by atoms with van der Waals surface area (Å²) >= 11 is 0. The minimum atomic E-state index is 0.0188. The van der Waals surface area contributed by atoms with Crippen LogP contribution in [0.15, 0.2) is 24.3 Å². The summed E-state index contributed by atoms with van der Waals surface area (Å²) in [5, 5.41) is 3.16. The van der Waals surface area contributed by atoms with Crippen LogP contribution in [0.3, 0.4) is 0 Å². The molecule has 0 aliphatic heterocycles. The van der Waals surface area contributed by atoms with Gasteiger partial charge in [-0.25, -0.2) is 0 Å². The Morgan fingerprint density at radius 1 is 1.32 bits per heavy atom. The summed E-state index contributed by atoms with van der Waals surface area (Å²) in [7, 11) is 0. The first-order chi connectivity index (χ1) is 9.22. The Labute approximate surface area is 114 Å². The highest BCUT2D eigenvalue weighted by Gasteiger charge is 2.42. The van der Waals surface area contributed by atoms with E-state index in [4.69, 9.17) is 4.74 Å². The highest BCUT2D eigenvalue weighted by atomic mass is 16.5. The molecule has 3 heteroatoms. The molecule has 3 nitrogen and oxygen atoms in total. The third-order valence-corrected chi connectivity index (χ3v) is 3.95. The van der Waals surface area contributed by atoms with E-state index in [-0.39, 0.29) is 12.5 Å². The van der Waals surface area contributed by atoms with Gasteiger partial charge in [-0.1, -0.05) is 12.1 Å². The number of carbonyl (C=O) groups is 1. The predicted octanol–water partition coefficient (Wildman–Crippen LogP) is 2.68. The van der Waals surface area contributed by atoms with E-state index in [0.29, 0.717) is 6.04 Å². The van der Waals surface area contributed by atoms with E-state index in [0.717, 1.165) is 23.1 Å². The fourth-order valence-corrected chi connectivity index (χ4v) is 2.61. The van der Waals surface area contributed by atoms with E-state index in [1.54, 1.807) is 0 Å². The summed E-state index contributed by atoms with van der Waals surface area (Å²) in [6.45, 7) is 2.14. The summed E-state index contributed by atoms with van der Waals surface area (Å²) in [6.07, 6.45) is 5.11. The topological polar surface area (TPSA) is 38.3 Å². The quantitative estimate of drug-likeness (QED) is 0.853. The molecule has 0 bridgehead atoms. The number of benzene rings is 1. The molecule has 3 rings (SSSR count). The summed E-state index contributed by atoms with van der Waals surface area (Å²) in [5.41, 5.74) is 1.15. The summed E-state index contributed by atoms with van der Waals surface area (Å²) < 4.78 is 5.54. The van der Waals surface area contributed by atoms with Gasteiger partial charge in [0.05, 0.1) is 0 Å². The molecule has 0 atom stereocenters. The maximum atomic E-state index is 11.9. The third-order valence-electron chi connectivity index (χ3n) is 3.95. The number of amides is 1. The molecule has 0 heterocycles. The number of carbonyl (C=O) groups excluding carboxylic acids is 1. The second kappa shape index (κ2) is 5.24. The normalized spacial score (nSPS) is 18.4. The number of aryl methyl sites for hydroxylation is 1. The molecule has 0 aromatic heterocycles. The van der Waals surface area contributed by atoms with Crippen LogP contribution < -0.4 is 10.1 Å². The van der Waals surface area contributed by atoms with Crippen molar-refractivity contribution in [3.05, 3.63) is 29.8 Å². The molecule has 2 fully saturated rings. The van der Waals surface area contributed by atoms with Crippen molar-refractivity contribution in [1.82, 2.24) is 5.32 Å². The fourth-order valence-electron chi connectivity index (χ4n) is 2.61. The van der Waals surface area contributed by atoms with Crippen LogP contribution in [-0.4, -0.2) is 18.6 Å². The Bertz CT molecular complexity index is 452. The molecule has 19 heavy (non-hydrogen) atoms. The first-order valence-electron chi connectivity index (χ1n) is 7.21. The maximum Gasteiger partial charge on any atom is 0.258 e. The predicted molar refractivity (Wildman–Crippen MR) is 74.1 cm³/mol. The Morgan fingerprint density at radius 2 is 2.00 bits per heavy atom. The van der Waals surface area contributed by atoms with Crippen LogP contribution in [0.5, 0.6) is 5.75 Å². The van der Waals surface area contributed by atoms with Crippen molar-refractivity contribution in [2.24, 2.45) is 11.8 Å². The number of hydrogen-bond acceptors (Lipinski definition) is 2. The molecule has 2 saturated carbocycles. The zero-order valence-electron chi connectivity index (χ0n) is 11.4. The highest BCUT2D eigenvalue weighted by molar-refractivity contribution is 5.78. The van der Waals surface area contributed by atoms with E-state index >= 15 is 0 Å². The zero-order valence-corrected chi connectivity index (χ0v) is 11.4. The molecular weight excluding hydrogens is 238 g/mol. The van der Waals surface area contributed by atoms with Crippen molar-refractivity contribution in [3.63, 3.8) is 0 Å². The fraction of sp³-hybridized carbons (Fsp3) is 0.562. The average molecular weight is 259 g/mol. The smallest absolute Gasteiger partial charge is 0.258 e. The van der Waals surface area contributed by atoms with Crippen molar-refractivity contribution in [2.75, 3.05) is 6.61 Å². The van der Waals surface area contributed by atoms with Crippen LogP contribution in [0.2, 0.25) is 0 Å². The monoisotopic (exact) mass is 259 g/mol. The van der Waals surface area contributed by atoms with E-state index < -0.39 is 0 Å². The van der Waals surface area contributed by atoms with Crippen LogP contribution in [0.4, 0.5) is 0 Å². The lowest BCUT2D eigenvalue weighted by atomic mass is 10.1. The maximum absolute atomic E-state index is 11.9. The van der Waals surface area contributed by atoms with Gasteiger partial charge in [0.1, 0.15) is 5.75 Å². The molecule has 1 aromatic rings. The van der Waals surface area contributed by atoms with Gasteiger partial charge in [-0.15, -0.1) is 0 Å². The summed E-state index contributed by atoms with van der Waals surface area (Å²) in [6, 6.07) is 8.21. The molecule has 102 valence electrons. The Hall–Kier alpha value is -1.51. The van der Waals surface area contributed by atoms with Crippen LogP contribution in [0.25, 0.3) is 0 Å². The van der Waals surface area contributed by atoms with Gasteiger partial charge in [0.2, 0.25) is 0 Å². The first kappa shape index (κ1) is 12.5. The molecule has 0 saturated heterocycles. The van der Waals surface area contributed by atoms with E-state index in [2.05, 4.69) is 5.32 Å². The average Bonchev–Trinajstić information content (AvgIpc) is 3.27. The molecule has 0 unspecified atom stereocenters. The molecule has 2 aliphatic rings. The third kappa shape index (κ3) is 3.49. The number of nitrogens with one attached hydrogen (secondary N) is 1. The van der Waals surface area contributed by atoms with Crippen molar-refractivity contribution >= 4 is 5.91 Å². The van der Waals surface area contributed by atoms with Crippen molar-refractivity contribution < 1.29 is 9.53 Å². The molecule has 0 radical (unpaired) electrons. The van der Waals surface area contributed by atoms with E-state index in [1.165, 1.54) is 25.7 Å². The van der Waals surface area contributed by atoms with Crippen LogP contribution in [0.1, 0.15) is 31.2 Å². The van der Waals surface area contributed by atoms with Crippen LogP contribution in [-0.2, 0) is 4.79 Å². The number of ether oxygens (including phenoxy) is 1. The Morgan fingerprint density at radius 3 is 2.58 bits per heavy atom. The summed E-state index contributed by atoms with van der Waals surface area (Å²) in [5.74, 6) is 2.25. The van der Waals surface area contributed by atoms with Gasteiger partial charge in [0, 0.05) is 6.04 Å². The second-order valence-electron chi connectivity index (χ2n) is 5.87. The van der Waals surface area contributed by atoms with Gasteiger partial charge in [-0.05, 0) is 62.1 Å². The lowest BCUT2D eigenvalue weighted by molar-refractivity contribution is -0.124. The van der Waals surface area contributed by atoms with E-state index in [9.17, 15) is 4.79 Å². The van der Waals surface area contributed by atoms with Crippen LogP contribution in [0, 0.1) is 18.8 Å². The summed E-state index contributed by atoms with van der Waals surface area (Å²) in [4.78, 5) is 11.9. The van der Waals surface area contributed by atoms with Gasteiger partial charge < -0.3 is 10.1 Å². The lowest BCUT2D eigenvalue weighted by Crippen LogP contribution is -2.40. The molecule has 1 N–H and O–H groups in total. The van der Waals surface area contributed by atoms with Crippen LogP contribution >= 0.6 is 0 Å².